The third-order valence-electron chi connectivity index (χ3n) is 2.95. The van der Waals surface area contributed by atoms with Gasteiger partial charge in [-0.15, -0.1) is 0 Å². The quantitative estimate of drug-likeness (QED) is 0.794. The molecule has 1 aromatic heterocycles. The number of aromatic nitrogens is 1. The minimum atomic E-state index is -0.451. The fraction of sp³-hybridized carbons (Fsp3) is 0.200. The zero-order valence-corrected chi connectivity index (χ0v) is 11.2. The van der Waals surface area contributed by atoms with E-state index in [9.17, 15) is 9.18 Å². The number of hydrogen-bond donors (Lipinski definition) is 0. The Labute approximate surface area is 116 Å². The molecule has 0 N–H and O–H groups in total. The van der Waals surface area contributed by atoms with Gasteiger partial charge in [0.05, 0.1) is 0 Å². The molecule has 0 aliphatic rings. The van der Waals surface area contributed by atoms with Crippen molar-refractivity contribution in [3.63, 3.8) is 0 Å². The Bertz CT molecular complexity index is 613. The smallest absolute Gasteiger partial charge is 0.167 e. The molecular formula is C15H13ClFNO. The predicted molar refractivity (Wildman–Crippen MR) is 73.1 cm³/mol. The summed E-state index contributed by atoms with van der Waals surface area (Å²) in [7, 11) is 0. The first-order valence-corrected chi connectivity index (χ1v) is 6.39. The van der Waals surface area contributed by atoms with Crippen LogP contribution in [0.25, 0.3) is 0 Å². The van der Waals surface area contributed by atoms with Gasteiger partial charge in [-0.2, -0.15) is 0 Å². The fourth-order valence-electron chi connectivity index (χ4n) is 1.91. The number of benzene rings is 1. The molecule has 0 fully saturated rings. The number of rotatable bonds is 4. The van der Waals surface area contributed by atoms with Gasteiger partial charge in [0, 0.05) is 29.4 Å². The SMILES string of the molecule is CCc1cnccc1C(=O)Cc1ccc(Cl)cc1F. The van der Waals surface area contributed by atoms with Gasteiger partial charge in [-0.3, -0.25) is 9.78 Å². The van der Waals surface area contributed by atoms with Crippen molar-refractivity contribution >= 4 is 17.4 Å². The van der Waals surface area contributed by atoms with Crippen molar-refractivity contribution in [2.75, 3.05) is 0 Å². The molecule has 0 bridgehead atoms. The molecule has 0 atom stereocenters. The van der Waals surface area contributed by atoms with E-state index in [1.54, 1.807) is 30.6 Å². The molecule has 0 saturated carbocycles. The van der Waals surface area contributed by atoms with Crippen molar-refractivity contribution in [1.82, 2.24) is 4.98 Å². The molecule has 1 aromatic carbocycles. The average molecular weight is 278 g/mol. The van der Waals surface area contributed by atoms with Gasteiger partial charge < -0.3 is 0 Å². The fourth-order valence-corrected chi connectivity index (χ4v) is 2.07. The summed E-state index contributed by atoms with van der Waals surface area (Å²) in [6.07, 6.45) is 3.99. The molecule has 0 unspecified atom stereocenters. The van der Waals surface area contributed by atoms with Crippen molar-refractivity contribution in [3.05, 3.63) is 64.2 Å². The number of Topliss-reactive ketones (excluding diaryl/α,β-unsaturated/α-hetero) is 1. The first kappa shape index (κ1) is 13.7. The second-order valence-electron chi connectivity index (χ2n) is 4.22. The van der Waals surface area contributed by atoms with E-state index in [0.717, 1.165) is 12.0 Å². The second-order valence-corrected chi connectivity index (χ2v) is 4.66. The number of carbonyl (C=O) groups excluding carboxylic acids is 1. The van der Waals surface area contributed by atoms with Crippen LogP contribution in [0.2, 0.25) is 5.02 Å². The van der Waals surface area contributed by atoms with E-state index in [-0.39, 0.29) is 12.2 Å². The van der Waals surface area contributed by atoms with E-state index >= 15 is 0 Å². The van der Waals surface area contributed by atoms with Crippen molar-refractivity contribution in [3.8, 4) is 0 Å². The molecule has 2 nitrogen and oxygen atoms in total. The molecule has 2 rings (SSSR count). The molecule has 2 aromatic rings. The van der Waals surface area contributed by atoms with Crippen LogP contribution in [0.4, 0.5) is 4.39 Å². The van der Waals surface area contributed by atoms with E-state index in [1.165, 1.54) is 6.07 Å². The lowest BCUT2D eigenvalue weighted by Gasteiger charge is -2.07. The molecule has 0 spiro atoms. The van der Waals surface area contributed by atoms with E-state index in [1.807, 2.05) is 6.92 Å². The first-order chi connectivity index (χ1) is 9.11. The zero-order chi connectivity index (χ0) is 13.8. The van der Waals surface area contributed by atoms with Crippen molar-refractivity contribution < 1.29 is 9.18 Å². The first-order valence-electron chi connectivity index (χ1n) is 6.01. The summed E-state index contributed by atoms with van der Waals surface area (Å²) in [6, 6.07) is 6.02. The highest BCUT2D eigenvalue weighted by atomic mass is 35.5. The minimum absolute atomic E-state index is 0.0278. The van der Waals surface area contributed by atoms with Gasteiger partial charge in [-0.05, 0) is 35.7 Å². The van der Waals surface area contributed by atoms with E-state index in [4.69, 9.17) is 11.6 Å². The average Bonchev–Trinajstić information content (AvgIpc) is 2.41. The summed E-state index contributed by atoms with van der Waals surface area (Å²) < 4.78 is 13.7. The molecular weight excluding hydrogens is 265 g/mol. The normalized spacial score (nSPS) is 10.5. The maximum atomic E-state index is 13.7. The zero-order valence-electron chi connectivity index (χ0n) is 10.5. The highest BCUT2D eigenvalue weighted by Gasteiger charge is 2.13. The number of halogens is 2. The summed E-state index contributed by atoms with van der Waals surface area (Å²) >= 11 is 5.68. The summed E-state index contributed by atoms with van der Waals surface area (Å²) in [5, 5.41) is 0.326. The summed E-state index contributed by atoms with van der Waals surface area (Å²) in [4.78, 5) is 16.2. The molecule has 0 radical (unpaired) electrons. The Morgan fingerprint density at radius 2 is 2.11 bits per heavy atom. The Morgan fingerprint density at radius 1 is 1.32 bits per heavy atom. The van der Waals surface area contributed by atoms with Crippen LogP contribution in [0.3, 0.4) is 0 Å². The van der Waals surface area contributed by atoms with Gasteiger partial charge in [0.1, 0.15) is 5.82 Å². The topological polar surface area (TPSA) is 30.0 Å². The molecule has 98 valence electrons. The molecule has 0 saturated heterocycles. The van der Waals surface area contributed by atoms with Crippen LogP contribution in [0.5, 0.6) is 0 Å². The van der Waals surface area contributed by atoms with E-state index < -0.39 is 5.82 Å². The van der Waals surface area contributed by atoms with E-state index in [2.05, 4.69) is 4.98 Å². The number of nitrogens with zero attached hydrogens (tertiary/aromatic N) is 1. The number of aryl methyl sites for hydroxylation is 1. The van der Waals surface area contributed by atoms with Gasteiger partial charge >= 0.3 is 0 Å². The van der Waals surface area contributed by atoms with Crippen LogP contribution in [0, 0.1) is 5.82 Å². The third-order valence-corrected chi connectivity index (χ3v) is 3.19. The Hall–Kier alpha value is -1.74. The molecule has 0 aliphatic heterocycles. The van der Waals surface area contributed by atoms with E-state index in [0.29, 0.717) is 16.1 Å². The van der Waals surface area contributed by atoms with Gasteiger partial charge in [0.15, 0.2) is 5.78 Å². The van der Waals surface area contributed by atoms with Crippen molar-refractivity contribution in [2.45, 2.75) is 19.8 Å². The minimum Gasteiger partial charge on any atom is -0.294 e. The summed E-state index contributed by atoms with van der Waals surface area (Å²) in [6.45, 7) is 1.96. The molecule has 4 heteroatoms. The second kappa shape index (κ2) is 5.93. The largest absolute Gasteiger partial charge is 0.294 e. The Kier molecular flexibility index (Phi) is 4.27. The van der Waals surface area contributed by atoms with Gasteiger partial charge in [0.2, 0.25) is 0 Å². The molecule has 0 aliphatic carbocycles. The van der Waals surface area contributed by atoms with Gasteiger partial charge in [-0.1, -0.05) is 24.6 Å². The lowest BCUT2D eigenvalue weighted by Crippen LogP contribution is -2.08. The van der Waals surface area contributed by atoms with Crippen molar-refractivity contribution in [1.29, 1.82) is 0 Å². The number of pyridine rings is 1. The highest BCUT2D eigenvalue weighted by Crippen LogP contribution is 2.18. The van der Waals surface area contributed by atoms with Crippen LogP contribution in [-0.4, -0.2) is 10.8 Å². The predicted octanol–water partition coefficient (Wildman–Crippen LogP) is 3.86. The van der Waals surface area contributed by atoms with Gasteiger partial charge in [-0.25, -0.2) is 4.39 Å². The summed E-state index contributed by atoms with van der Waals surface area (Å²) in [5.41, 5.74) is 1.84. The monoisotopic (exact) mass is 277 g/mol. The number of ketones is 1. The van der Waals surface area contributed by atoms with Crippen LogP contribution < -0.4 is 0 Å². The Balaban J connectivity index is 2.26. The van der Waals surface area contributed by atoms with Crippen LogP contribution in [-0.2, 0) is 12.8 Å². The maximum Gasteiger partial charge on any atom is 0.167 e. The maximum absolute atomic E-state index is 13.7. The standard InChI is InChI=1S/C15H13ClFNO/c1-2-10-9-18-6-5-13(10)15(19)7-11-3-4-12(16)8-14(11)17/h3-6,8-9H,2,7H2,1H3. The third kappa shape index (κ3) is 3.18. The lowest BCUT2D eigenvalue weighted by atomic mass is 9.99. The number of hydrogen-bond acceptors (Lipinski definition) is 2. The summed E-state index contributed by atoms with van der Waals surface area (Å²) in [5.74, 6) is -0.562. The molecule has 19 heavy (non-hydrogen) atoms. The van der Waals surface area contributed by atoms with Crippen LogP contribution in [0.1, 0.15) is 28.4 Å². The highest BCUT2D eigenvalue weighted by molar-refractivity contribution is 6.30. The lowest BCUT2D eigenvalue weighted by molar-refractivity contribution is 0.0991. The Morgan fingerprint density at radius 3 is 2.79 bits per heavy atom. The molecule has 0 amide bonds. The molecule has 1 heterocycles. The van der Waals surface area contributed by atoms with Crippen LogP contribution >= 0.6 is 11.6 Å². The van der Waals surface area contributed by atoms with Gasteiger partial charge in [0.25, 0.3) is 0 Å². The van der Waals surface area contributed by atoms with Crippen LogP contribution in [0.15, 0.2) is 36.7 Å². The van der Waals surface area contributed by atoms with Crippen molar-refractivity contribution in [2.24, 2.45) is 0 Å². The number of carbonyl (C=O) groups is 1.